The van der Waals surface area contributed by atoms with Gasteiger partial charge < -0.3 is 9.80 Å². The molecule has 0 aromatic carbocycles. The first-order valence-electron chi connectivity index (χ1n) is 8.24. The number of unbranched alkanes of at least 4 members (excludes halogenated alkanes) is 4. The Labute approximate surface area is 141 Å². The predicted octanol–water partition coefficient (Wildman–Crippen LogP) is 1.98. The lowest BCUT2D eigenvalue weighted by atomic mass is 10.2. The normalized spacial score (nSPS) is 12.2. The van der Waals surface area contributed by atoms with Crippen LogP contribution in [0.2, 0.25) is 0 Å². The summed E-state index contributed by atoms with van der Waals surface area (Å²) in [6.45, 7) is 8.08. The molecule has 0 fully saturated rings. The molecule has 23 heavy (non-hydrogen) atoms. The van der Waals surface area contributed by atoms with Gasteiger partial charge in [0.05, 0.1) is 32.9 Å². The van der Waals surface area contributed by atoms with E-state index in [1.165, 1.54) is 0 Å². The van der Waals surface area contributed by atoms with Crippen molar-refractivity contribution in [3.63, 3.8) is 0 Å². The summed E-state index contributed by atoms with van der Waals surface area (Å²) in [4.78, 5) is 11.3. The highest BCUT2D eigenvalue weighted by atomic mass is 32.2. The Morgan fingerprint density at radius 2 is 1.57 bits per heavy atom. The first kappa shape index (κ1) is 22.1. The summed E-state index contributed by atoms with van der Waals surface area (Å²) in [5, 5.41) is 2.83. The molecule has 0 rings (SSSR count). The van der Waals surface area contributed by atoms with Crippen LogP contribution in [0.15, 0.2) is 12.2 Å². The maximum Gasteiger partial charge on any atom is 0.264 e. The number of nitrogens with one attached hydrogen (secondary N) is 1. The molecule has 0 unspecified atom stereocenters. The van der Waals surface area contributed by atoms with Gasteiger partial charge in [0.25, 0.3) is 10.1 Å². The summed E-state index contributed by atoms with van der Waals surface area (Å²) >= 11 is 0. The molecule has 0 aliphatic carbocycles. The molecule has 0 radical (unpaired) electrons. The third-order valence-electron chi connectivity index (χ3n) is 3.78. The largest absolute Gasteiger partial charge is 0.352 e. The molecular formula is C16H33N2O4S+. The maximum absolute atomic E-state index is 11.3. The summed E-state index contributed by atoms with van der Waals surface area (Å²) in [7, 11) is 0.562. The van der Waals surface area contributed by atoms with Gasteiger partial charge in [0, 0.05) is 12.1 Å². The third-order valence-corrected chi connectivity index (χ3v) is 4.58. The van der Waals surface area contributed by atoms with E-state index in [4.69, 9.17) is 4.55 Å². The lowest BCUT2D eigenvalue weighted by molar-refractivity contribution is -0.890. The van der Waals surface area contributed by atoms with Crippen LogP contribution in [-0.2, 0) is 14.9 Å². The Morgan fingerprint density at radius 1 is 1.04 bits per heavy atom. The van der Waals surface area contributed by atoms with Gasteiger partial charge >= 0.3 is 0 Å². The van der Waals surface area contributed by atoms with E-state index >= 15 is 0 Å². The fourth-order valence-electron chi connectivity index (χ4n) is 2.31. The van der Waals surface area contributed by atoms with E-state index in [1.807, 2.05) is 0 Å². The van der Waals surface area contributed by atoms with Gasteiger partial charge in [-0.25, -0.2) is 0 Å². The number of hydrogen-bond donors (Lipinski definition) is 2. The average molecular weight is 350 g/mol. The van der Waals surface area contributed by atoms with Crippen LogP contribution in [0.3, 0.4) is 0 Å². The second kappa shape index (κ2) is 10.8. The number of rotatable bonds is 13. The van der Waals surface area contributed by atoms with Crippen LogP contribution < -0.4 is 5.32 Å². The van der Waals surface area contributed by atoms with E-state index in [1.54, 1.807) is 6.92 Å². The van der Waals surface area contributed by atoms with Gasteiger partial charge in [-0.15, -0.1) is 0 Å². The molecule has 0 bridgehead atoms. The van der Waals surface area contributed by atoms with Crippen molar-refractivity contribution in [1.82, 2.24) is 5.32 Å². The van der Waals surface area contributed by atoms with Gasteiger partial charge in [-0.3, -0.25) is 9.35 Å². The van der Waals surface area contributed by atoms with Gasteiger partial charge in [0.1, 0.15) is 0 Å². The van der Waals surface area contributed by atoms with Crippen molar-refractivity contribution in [2.75, 3.05) is 39.5 Å². The van der Waals surface area contributed by atoms with Crippen LogP contribution in [0.25, 0.3) is 0 Å². The second-order valence-electron chi connectivity index (χ2n) is 6.83. The van der Waals surface area contributed by atoms with Crippen molar-refractivity contribution in [1.29, 1.82) is 0 Å². The summed E-state index contributed by atoms with van der Waals surface area (Å²) in [5.41, 5.74) is 0.537. The molecule has 0 aromatic rings. The van der Waals surface area contributed by atoms with Gasteiger partial charge in [0.15, 0.2) is 0 Å². The molecule has 1 amide bonds. The van der Waals surface area contributed by atoms with Crippen LogP contribution in [0, 0.1) is 0 Å². The quantitative estimate of drug-likeness (QED) is 0.230. The molecule has 0 atom stereocenters. The van der Waals surface area contributed by atoms with Gasteiger partial charge in [-0.05, 0) is 39.0 Å². The van der Waals surface area contributed by atoms with E-state index in [-0.39, 0.29) is 11.7 Å². The molecule has 0 aliphatic rings. The SMILES string of the molecule is C=C(C)C(=O)NCCCC[N+](C)(C)CCCCCCS(=O)(=O)O. The summed E-state index contributed by atoms with van der Waals surface area (Å²) in [5.74, 6) is -0.218. The van der Waals surface area contributed by atoms with Crippen LogP contribution in [0.5, 0.6) is 0 Å². The molecule has 0 heterocycles. The van der Waals surface area contributed by atoms with Crippen molar-refractivity contribution in [2.24, 2.45) is 0 Å². The minimum Gasteiger partial charge on any atom is -0.352 e. The highest BCUT2D eigenvalue weighted by Gasteiger charge is 2.14. The molecule has 2 N–H and O–H groups in total. The third kappa shape index (κ3) is 14.4. The van der Waals surface area contributed by atoms with Crippen molar-refractivity contribution >= 4 is 16.0 Å². The average Bonchev–Trinajstić information content (AvgIpc) is 2.40. The number of hydrogen-bond acceptors (Lipinski definition) is 3. The number of quaternary nitrogens is 1. The fraction of sp³-hybridized carbons (Fsp3) is 0.812. The van der Waals surface area contributed by atoms with E-state index < -0.39 is 10.1 Å². The number of amides is 1. The van der Waals surface area contributed by atoms with Crippen molar-refractivity contribution in [2.45, 2.75) is 45.4 Å². The first-order valence-corrected chi connectivity index (χ1v) is 9.85. The van der Waals surface area contributed by atoms with Crippen LogP contribution in [0.4, 0.5) is 0 Å². The van der Waals surface area contributed by atoms with E-state index in [2.05, 4.69) is 26.0 Å². The fourth-order valence-corrected chi connectivity index (χ4v) is 2.88. The summed E-state index contributed by atoms with van der Waals surface area (Å²) in [6.07, 6.45) is 5.37. The summed E-state index contributed by atoms with van der Waals surface area (Å²) in [6, 6.07) is 0. The highest BCUT2D eigenvalue weighted by molar-refractivity contribution is 7.85. The monoisotopic (exact) mass is 349 g/mol. The lowest BCUT2D eigenvalue weighted by Crippen LogP contribution is -2.41. The second-order valence-corrected chi connectivity index (χ2v) is 8.40. The minimum absolute atomic E-state index is 0.0800. The molecule has 136 valence electrons. The van der Waals surface area contributed by atoms with Crippen molar-refractivity contribution in [3.8, 4) is 0 Å². The van der Waals surface area contributed by atoms with E-state index in [0.717, 1.165) is 49.7 Å². The highest BCUT2D eigenvalue weighted by Crippen LogP contribution is 2.08. The standard InChI is InChI=1S/C16H32N2O4S/c1-15(2)16(19)17-11-7-9-13-18(3,4)12-8-5-6-10-14-23(20,21)22/h1,5-14H2,2-4H3,(H-,17,19,20,21,22)/p+1. The molecule has 7 heteroatoms. The topological polar surface area (TPSA) is 83.5 Å². The van der Waals surface area contributed by atoms with E-state index in [9.17, 15) is 13.2 Å². The predicted molar refractivity (Wildman–Crippen MR) is 93.8 cm³/mol. The molecule has 0 saturated heterocycles. The first-order chi connectivity index (χ1) is 10.5. The molecule has 0 aromatic heterocycles. The number of nitrogens with zero attached hydrogens (tertiary/aromatic N) is 1. The van der Waals surface area contributed by atoms with Crippen molar-refractivity contribution < 1.29 is 22.2 Å². The van der Waals surface area contributed by atoms with Gasteiger partial charge in [-0.1, -0.05) is 13.0 Å². The zero-order valence-corrected chi connectivity index (χ0v) is 15.6. The lowest BCUT2D eigenvalue weighted by Gasteiger charge is -2.30. The molecule has 0 spiro atoms. The zero-order chi connectivity index (χ0) is 17.9. The Kier molecular flexibility index (Phi) is 10.3. The molecule has 6 nitrogen and oxygen atoms in total. The van der Waals surface area contributed by atoms with Crippen LogP contribution in [0.1, 0.15) is 45.4 Å². The van der Waals surface area contributed by atoms with Gasteiger partial charge in [-0.2, -0.15) is 8.42 Å². The Balaban J connectivity index is 3.65. The zero-order valence-electron chi connectivity index (χ0n) is 14.8. The minimum atomic E-state index is -3.81. The Bertz CT molecular complexity index is 472. The van der Waals surface area contributed by atoms with Crippen LogP contribution in [-0.4, -0.2) is 62.8 Å². The molecule has 0 saturated carbocycles. The summed E-state index contributed by atoms with van der Waals surface area (Å²) < 4.78 is 30.8. The van der Waals surface area contributed by atoms with Crippen molar-refractivity contribution in [3.05, 3.63) is 12.2 Å². The number of carbonyl (C=O) groups excluding carboxylic acids is 1. The smallest absolute Gasteiger partial charge is 0.264 e. The number of carbonyl (C=O) groups is 1. The van der Waals surface area contributed by atoms with Gasteiger partial charge in [0.2, 0.25) is 5.91 Å². The molecular weight excluding hydrogens is 316 g/mol. The van der Waals surface area contributed by atoms with Crippen LogP contribution >= 0.6 is 0 Å². The van der Waals surface area contributed by atoms with E-state index in [0.29, 0.717) is 18.5 Å². The maximum atomic E-state index is 11.3. The Morgan fingerprint density at radius 3 is 2.09 bits per heavy atom. The Hall–Kier alpha value is -0.920. The molecule has 0 aliphatic heterocycles.